The van der Waals surface area contributed by atoms with Crippen molar-refractivity contribution in [1.29, 1.82) is 0 Å². The van der Waals surface area contributed by atoms with Crippen LogP contribution in [0.25, 0.3) is 0 Å². The van der Waals surface area contributed by atoms with Crippen molar-refractivity contribution in [2.75, 3.05) is 21.3 Å². The SMILES string of the molecule is COC(=O)CC(C1=C(O)C2(Oc3c(Cl)c(OC)cc(OC)c3C2=O)C(C)CC1=O)c1ccc(O)c(Cl)c1. The number of ketones is 2. The number of hydrogen-bond donors (Lipinski definition) is 2. The Bertz CT molecular complexity index is 1350. The maximum atomic E-state index is 14.0. The number of allylic oxidation sites excluding steroid dienone is 1. The average molecular weight is 551 g/mol. The first kappa shape index (κ1) is 26.6. The lowest BCUT2D eigenvalue weighted by Crippen LogP contribution is -2.53. The number of carbonyl (C=O) groups is 3. The molecule has 3 unspecified atom stereocenters. The third kappa shape index (κ3) is 4.06. The molecule has 0 amide bonds. The molecule has 0 aromatic heterocycles. The summed E-state index contributed by atoms with van der Waals surface area (Å²) in [6, 6.07) is 5.57. The number of phenols is 1. The predicted molar refractivity (Wildman–Crippen MR) is 133 cm³/mol. The van der Waals surface area contributed by atoms with Crippen LogP contribution >= 0.6 is 23.2 Å². The Balaban J connectivity index is 1.96. The molecule has 0 saturated heterocycles. The molecule has 1 heterocycles. The van der Waals surface area contributed by atoms with E-state index in [0.717, 1.165) is 0 Å². The Morgan fingerprint density at radius 2 is 1.81 bits per heavy atom. The highest BCUT2D eigenvalue weighted by atomic mass is 35.5. The number of halogens is 2. The van der Waals surface area contributed by atoms with Crippen LogP contribution in [-0.4, -0.2) is 54.7 Å². The van der Waals surface area contributed by atoms with Crippen molar-refractivity contribution in [3.8, 4) is 23.0 Å². The van der Waals surface area contributed by atoms with Gasteiger partial charge in [0.25, 0.3) is 0 Å². The number of carbonyl (C=O) groups excluding carboxylic acids is 3. The molecule has 0 bridgehead atoms. The Morgan fingerprint density at radius 1 is 1.14 bits per heavy atom. The fraction of sp³-hybridized carbons (Fsp3) is 0.346. The zero-order valence-electron chi connectivity index (χ0n) is 20.4. The monoisotopic (exact) mass is 550 g/mol. The molecule has 2 aliphatic rings. The van der Waals surface area contributed by atoms with Crippen LogP contribution in [0.2, 0.25) is 10.0 Å². The molecule has 4 rings (SSSR count). The minimum absolute atomic E-state index is 0.00148. The van der Waals surface area contributed by atoms with Gasteiger partial charge in [0.1, 0.15) is 27.8 Å². The van der Waals surface area contributed by atoms with Crippen molar-refractivity contribution >= 4 is 40.7 Å². The quantitative estimate of drug-likeness (QED) is 0.487. The number of benzene rings is 2. The van der Waals surface area contributed by atoms with Crippen molar-refractivity contribution in [2.24, 2.45) is 5.92 Å². The fourth-order valence-electron chi connectivity index (χ4n) is 4.91. The first-order valence-corrected chi connectivity index (χ1v) is 12.0. The molecule has 11 heteroatoms. The van der Waals surface area contributed by atoms with Gasteiger partial charge in [0.2, 0.25) is 11.4 Å². The molecule has 0 radical (unpaired) electrons. The summed E-state index contributed by atoms with van der Waals surface area (Å²) in [7, 11) is 3.93. The Labute approximate surface area is 222 Å². The van der Waals surface area contributed by atoms with Crippen molar-refractivity contribution in [3.05, 3.63) is 56.8 Å². The number of rotatable bonds is 6. The standard InChI is InChI=1S/C26H24Cl2O9/c1-11-7-16(30)20(13(9-19(31)36-4)12-5-6-15(29)14(27)8-12)24(32)26(11)25(33)21-17(34-2)10-18(35-3)22(28)23(21)37-26/h5-6,8,10-11,13,29,32H,7,9H2,1-4H3. The molecule has 2 aromatic rings. The summed E-state index contributed by atoms with van der Waals surface area (Å²) in [5, 5.41) is 21.5. The number of aliphatic hydroxyl groups is 1. The average Bonchev–Trinajstić information content (AvgIpc) is 3.19. The largest absolute Gasteiger partial charge is 0.507 e. The smallest absolute Gasteiger partial charge is 0.306 e. The van der Waals surface area contributed by atoms with Crippen LogP contribution in [0.15, 0.2) is 35.6 Å². The van der Waals surface area contributed by atoms with Gasteiger partial charge in [-0.05, 0) is 17.7 Å². The number of aromatic hydroxyl groups is 1. The van der Waals surface area contributed by atoms with Gasteiger partial charge in [0, 0.05) is 29.9 Å². The lowest BCUT2D eigenvalue weighted by Gasteiger charge is -2.38. The highest BCUT2D eigenvalue weighted by molar-refractivity contribution is 6.35. The summed E-state index contributed by atoms with van der Waals surface area (Å²) in [5.74, 6) is -4.28. The van der Waals surface area contributed by atoms with Crippen LogP contribution in [0.1, 0.15) is 41.6 Å². The minimum Gasteiger partial charge on any atom is -0.507 e. The number of aliphatic hydroxyl groups excluding tert-OH is 1. The van der Waals surface area contributed by atoms with Crippen LogP contribution in [0.5, 0.6) is 23.0 Å². The molecule has 3 atom stereocenters. The van der Waals surface area contributed by atoms with Crippen LogP contribution in [-0.2, 0) is 14.3 Å². The Kier molecular flexibility index (Phi) is 7.05. The van der Waals surface area contributed by atoms with Crippen LogP contribution in [0, 0.1) is 5.92 Å². The number of phenolic OH excluding ortho intramolecular Hbond substituents is 1. The van der Waals surface area contributed by atoms with Gasteiger partial charge in [-0.3, -0.25) is 14.4 Å². The van der Waals surface area contributed by atoms with E-state index in [1.165, 1.54) is 45.6 Å². The van der Waals surface area contributed by atoms with E-state index < -0.39 is 40.7 Å². The zero-order chi connectivity index (χ0) is 27.2. The van der Waals surface area contributed by atoms with Crippen LogP contribution < -0.4 is 14.2 Å². The molecular formula is C26H24Cl2O9. The van der Waals surface area contributed by atoms with E-state index in [-0.39, 0.29) is 57.0 Å². The number of ether oxygens (including phenoxy) is 4. The molecule has 1 spiro atoms. The third-order valence-electron chi connectivity index (χ3n) is 6.83. The van der Waals surface area contributed by atoms with E-state index in [0.29, 0.717) is 5.56 Å². The van der Waals surface area contributed by atoms with Crippen LogP contribution in [0.4, 0.5) is 0 Å². The van der Waals surface area contributed by atoms with Gasteiger partial charge < -0.3 is 29.2 Å². The van der Waals surface area contributed by atoms with Gasteiger partial charge in [-0.15, -0.1) is 0 Å². The second-order valence-corrected chi connectivity index (χ2v) is 9.59. The summed E-state index contributed by atoms with van der Waals surface area (Å²) in [5.41, 5.74) is -1.87. The van der Waals surface area contributed by atoms with E-state index in [9.17, 15) is 24.6 Å². The molecular weight excluding hydrogens is 527 g/mol. The first-order valence-electron chi connectivity index (χ1n) is 11.2. The lowest BCUT2D eigenvalue weighted by atomic mass is 9.69. The van der Waals surface area contributed by atoms with Gasteiger partial charge in [-0.25, -0.2) is 0 Å². The van der Waals surface area contributed by atoms with Crippen LogP contribution in [0.3, 0.4) is 0 Å². The molecule has 196 valence electrons. The number of hydrogen-bond acceptors (Lipinski definition) is 9. The topological polar surface area (TPSA) is 129 Å². The maximum absolute atomic E-state index is 14.0. The number of Topliss-reactive ketones (excluding diaryl/α,β-unsaturated/α-hetero) is 2. The molecule has 0 fully saturated rings. The molecule has 0 saturated carbocycles. The molecule has 1 aliphatic carbocycles. The Hall–Kier alpha value is -3.43. The Morgan fingerprint density at radius 3 is 2.41 bits per heavy atom. The van der Waals surface area contributed by atoms with Crippen molar-refractivity contribution in [3.63, 3.8) is 0 Å². The van der Waals surface area contributed by atoms with Gasteiger partial charge in [-0.1, -0.05) is 36.2 Å². The lowest BCUT2D eigenvalue weighted by molar-refractivity contribution is -0.140. The summed E-state index contributed by atoms with van der Waals surface area (Å²) in [6.07, 6.45) is -0.536. The number of fused-ring (bicyclic) bond motifs is 1. The van der Waals surface area contributed by atoms with Crippen molar-refractivity contribution in [2.45, 2.75) is 31.3 Å². The molecule has 2 aromatic carbocycles. The highest BCUT2D eigenvalue weighted by Gasteiger charge is 2.61. The summed E-state index contributed by atoms with van der Waals surface area (Å²) >= 11 is 12.6. The molecule has 9 nitrogen and oxygen atoms in total. The van der Waals surface area contributed by atoms with E-state index in [1.54, 1.807) is 6.92 Å². The predicted octanol–water partition coefficient (Wildman–Crippen LogP) is 4.80. The summed E-state index contributed by atoms with van der Waals surface area (Å²) < 4.78 is 21.6. The summed E-state index contributed by atoms with van der Waals surface area (Å²) in [4.78, 5) is 39.7. The normalized spacial score (nSPS) is 21.5. The van der Waals surface area contributed by atoms with Gasteiger partial charge in [0.15, 0.2) is 17.3 Å². The highest BCUT2D eigenvalue weighted by Crippen LogP contribution is 2.55. The van der Waals surface area contributed by atoms with Crippen molar-refractivity contribution in [1.82, 2.24) is 0 Å². The van der Waals surface area contributed by atoms with Gasteiger partial charge in [-0.2, -0.15) is 0 Å². The minimum atomic E-state index is -2.01. The van der Waals surface area contributed by atoms with E-state index in [1.807, 2.05) is 0 Å². The first-order chi connectivity index (χ1) is 17.5. The second kappa shape index (κ2) is 9.79. The van der Waals surface area contributed by atoms with E-state index >= 15 is 0 Å². The van der Waals surface area contributed by atoms with E-state index in [4.69, 9.17) is 42.1 Å². The number of esters is 1. The van der Waals surface area contributed by atoms with Crippen molar-refractivity contribution < 1.29 is 43.5 Å². The number of methoxy groups -OCH3 is 3. The van der Waals surface area contributed by atoms with Gasteiger partial charge in [0.05, 0.1) is 32.8 Å². The fourth-order valence-corrected chi connectivity index (χ4v) is 5.37. The van der Waals surface area contributed by atoms with E-state index in [2.05, 4.69) is 0 Å². The second-order valence-electron chi connectivity index (χ2n) is 8.80. The third-order valence-corrected chi connectivity index (χ3v) is 7.49. The zero-order valence-corrected chi connectivity index (χ0v) is 21.9. The van der Waals surface area contributed by atoms with Gasteiger partial charge >= 0.3 is 5.97 Å². The molecule has 1 aliphatic heterocycles. The summed E-state index contributed by atoms with van der Waals surface area (Å²) in [6.45, 7) is 1.60. The molecule has 2 N–H and O–H groups in total. The maximum Gasteiger partial charge on any atom is 0.306 e. The molecule has 37 heavy (non-hydrogen) atoms.